The molecule has 2 rings (SSSR count). The molecule has 0 aliphatic heterocycles. The van der Waals surface area contributed by atoms with Crippen molar-refractivity contribution in [1.82, 2.24) is 4.98 Å². The van der Waals surface area contributed by atoms with Gasteiger partial charge in [0.1, 0.15) is 15.3 Å². The smallest absolute Gasteiger partial charge is 0.302 e. The summed E-state index contributed by atoms with van der Waals surface area (Å²) < 4.78 is 27.5. The summed E-state index contributed by atoms with van der Waals surface area (Å²) in [5, 5.41) is 3.81. The van der Waals surface area contributed by atoms with Gasteiger partial charge in [-0.3, -0.25) is 10.1 Å². The van der Waals surface area contributed by atoms with E-state index in [-0.39, 0.29) is 22.7 Å². The quantitative estimate of drug-likeness (QED) is 0.848. The maximum atomic E-state index is 12.2. The van der Waals surface area contributed by atoms with Gasteiger partial charge in [0, 0.05) is 18.4 Å². The molecule has 1 atom stereocenters. The Bertz CT molecular complexity index is 770. The molecule has 0 bridgehead atoms. The second kappa shape index (κ2) is 5.26. The Balaban J connectivity index is 2.49. The largest absolute Gasteiger partial charge is 0.423 e. The standard InChI is InChI=1S/C13H16N2O4S/c1-8(2)7-20(17,18)10-4-5-11-12(6-10)19-13(15-11)14-9(3)16/h4-8H,1-3H3,(H,17,18)(H,14,15,16). The van der Waals surface area contributed by atoms with E-state index in [9.17, 15) is 13.6 Å². The van der Waals surface area contributed by atoms with E-state index in [4.69, 9.17) is 4.42 Å². The van der Waals surface area contributed by atoms with E-state index in [1.54, 1.807) is 6.07 Å². The van der Waals surface area contributed by atoms with Gasteiger partial charge in [-0.25, -0.2) is 4.21 Å². The molecular formula is C13H16N2O4S. The monoisotopic (exact) mass is 296 g/mol. The number of nitrogens with one attached hydrogen (secondary N) is 1. The first-order valence-corrected chi connectivity index (χ1v) is 7.65. The fourth-order valence-corrected chi connectivity index (χ4v) is 3.17. The first-order valence-electron chi connectivity index (χ1n) is 6.07. The molecule has 0 saturated heterocycles. The van der Waals surface area contributed by atoms with Crippen LogP contribution in [0, 0.1) is 5.92 Å². The number of nitrogens with zero attached hydrogens (tertiary/aromatic N) is 1. The number of amides is 1. The van der Waals surface area contributed by atoms with Gasteiger partial charge >= 0.3 is 6.01 Å². The van der Waals surface area contributed by atoms with Crippen molar-refractivity contribution in [3.63, 3.8) is 0 Å². The van der Waals surface area contributed by atoms with Gasteiger partial charge in [-0.15, -0.1) is 0 Å². The van der Waals surface area contributed by atoms with Crippen LogP contribution < -0.4 is 5.32 Å². The zero-order chi connectivity index (χ0) is 14.9. The van der Waals surface area contributed by atoms with Crippen molar-refractivity contribution in [3.8, 4) is 0 Å². The van der Waals surface area contributed by atoms with Gasteiger partial charge in [0.2, 0.25) is 5.91 Å². The minimum Gasteiger partial charge on any atom is -0.423 e. The Kier molecular flexibility index (Phi) is 3.82. The summed E-state index contributed by atoms with van der Waals surface area (Å²) in [6.45, 7) is 5.01. The van der Waals surface area contributed by atoms with Crippen LogP contribution in [0.1, 0.15) is 20.8 Å². The molecule has 0 aliphatic carbocycles. The van der Waals surface area contributed by atoms with Gasteiger partial charge in [-0.2, -0.15) is 4.98 Å². The molecule has 0 fully saturated rings. The number of aromatic nitrogens is 1. The van der Waals surface area contributed by atoms with Gasteiger partial charge in [0.05, 0.1) is 4.90 Å². The molecule has 0 aliphatic rings. The first-order chi connectivity index (χ1) is 9.28. The summed E-state index contributed by atoms with van der Waals surface area (Å²) in [5.74, 6) is -0.316. The lowest BCUT2D eigenvalue weighted by molar-refractivity contribution is -0.114. The molecule has 1 unspecified atom stereocenters. The average molecular weight is 296 g/mol. The van der Waals surface area contributed by atoms with Crippen LogP contribution in [0.15, 0.2) is 27.5 Å². The van der Waals surface area contributed by atoms with Crippen LogP contribution in [-0.2, 0) is 14.6 Å². The van der Waals surface area contributed by atoms with E-state index in [2.05, 4.69) is 10.3 Å². The van der Waals surface area contributed by atoms with Crippen LogP contribution in [-0.4, -0.2) is 25.0 Å². The number of hydrogen-bond donors (Lipinski definition) is 2. The van der Waals surface area contributed by atoms with E-state index >= 15 is 0 Å². The van der Waals surface area contributed by atoms with Gasteiger partial charge in [0.25, 0.3) is 0 Å². The first kappa shape index (κ1) is 14.5. The van der Waals surface area contributed by atoms with Crippen molar-refractivity contribution >= 4 is 38.2 Å². The highest BCUT2D eigenvalue weighted by atomic mass is 32.2. The molecule has 108 valence electrons. The fourth-order valence-electron chi connectivity index (χ4n) is 1.74. The third-order valence-electron chi connectivity index (χ3n) is 2.44. The third-order valence-corrected chi connectivity index (χ3v) is 4.28. The van der Waals surface area contributed by atoms with E-state index in [1.807, 2.05) is 13.8 Å². The second-order valence-corrected chi connectivity index (χ2v) is 6.66. The Morgan fingerprint density at radius 3 is 2.80 bits per heavy atom. The Morgan fingerprint density at radius 1 is 1.50 bits per heavy atom. The average Bonchev–Trinajstić information content (AvgIpc) is 2.66. The molecule has 1 amide bonds. The highest BCUT2D eigenvalue weighted by Gasteiger charge is 2.12. The minimum absolute atomic E-state index is 0.0205. The van der Waals surface area contributed by atoms with Crippen LogP contribution in [0.4, 0.5) is 6.01 Å². The fraction of sp³-hybridized carbons (Fsp3) is 0.308. The minimum atomic E-state index is -3.21. The lowest BCUT2D eigenvalue weighted by Crippen LogP contribution is -2.06. The second-order valence-electron chi connectivity index (χ2n) is 4.78. The molecule has 20 heavy (non-hydrogen) atoms. The number of carbonyl (C=O) groups excluding carboxylic acids is 1. The summed E-state index contributed by atoms with van der Waals surface area (Å²) in [5.41, 5.74) is 0.863. The van der Waals surface area contributed by atoms with Gasteiger partial charge < -0.3 is 8.97 Å². The third kappa shape index (κ3) is 3.17. The number of benzene rings is 1. The number of anilines is 1. The van der Waals surface area contributed by atoms with E-state index in [0.29, 0.717) is 11.1 Å². The summed E-state index contributed by atoms with van der Waals surface area (Å²) in [4.78, 5) is 15.2. The molecule has 0 saturated carbocycles. The molecular weight excluding hydrogens is 280 g/mol. The number of oxazole rings is 1. The molecule has 6 nitrogen and oxygen atoms in total. The van der Waals surface area contributed by atoms with Gasteiger partial charge in [-0.1, -0.05) is 13.8 Å². The van der Waals surface area contributed by atoms with Crippen LogP contribution in [0.5, 0.6) is 0 Å². The predicted octanol–water partition coefficient (Wildman–Crippen LogP) is 2.36. The molecule has 1 heterocycles. The van der Waals surface area contributed by atoms with E-state index < -0.39 is 9.80 Å². The molecule has 1 aromatic carbocycles. The summed E-state index contributed by atoms with van der Waals surface area (Å²) in [6, 6.07) is 4.66. The Labute approximate surface area is 117 Å². The Hall–Kier alpha value is -1.86. The van der Waals surface area contributed by atoms with Crippen molar-refractivity contribution in [1.29, 1.82) is 0 Å². The predicted molar refractivity (Wildman–Crippen MR) is 78.3 cm³/mol. The summed E-state index contributed by atoms with van der Waals surface area (Å²) >= 11 is 0. The van der Waals surface area contributed by atoms with Crippen LogP contribution in [0.25, 0.3) is 11.1 Å². The number of fused-ring (bicyclic) bond motifs is 1. The van der Waals surface area contributed by atoms with Crippen molar-refractivity contribution < 1.29 is 18.0 Å². The van der Waals surface area contributed by atoms with Crippen molar-refractivity contribution in [2.75, 3.05) is 5.32 Å². The molecule has 0 radical (unpaired) electrons. The molecule has 7 heteroatoms. The molecule has 2 aromatic rings. The van der Waals surface area contributed by atoms with E-state index in [1.165, 1.54) is 24.4 Å². The normalized spacial score (nSPS) is 14.2. The highest BCUT2D eigenvalue weighted by Crippen LogP contribution is 2.22. The van der Waals surface area contributed by atoms with E-state index in [0.717, 1.165) is 0 Å². The molecule has 2 N–H and O–H groups in total. The van der Waals surface area contributed by atoms with Gasteiger partial charge in [0.15, 0.2) is 5.58 Å². The van der Waals surface area contributed by atoms with Gasteiger partial charge in [-0.05, 0) is 18.1 Å². The number of carbonyl (C=O) groups is 1. The zero-order valence-corrected chi connectivity index (χ0v) is 12.2. The zero-order valence-electron chi connectivity index (χ0n) is 11.4. The van der Waals surface area contributed by atoms with Crippen molar-refractivity contribution in [3.05, 3.63) is 18.2 Å². The summed E-state index contributed by atoms with van der Waals surface area (Å²) in [6.07, 6.45) is 0. The van der Waals surface area contributed by atoms with Crippen LogP contribution >= 0.6 is 0 Å². The van der Waals surface area contributed by atoms with Crippen LogP contribution in [0.2, 0.25) is 0 Å². The molecule has 0 spiro atoms. The Morgan fingerprint density at radius 2 is 2.20 bits per heavy atom. The maximum Gasteiger partial charge on any atom is 0.302 e. The number of hydrogen-bond acceptors (Lipinski definition) is 4. The van der Waals surface area contributed by atoms with Crippen LogP contribution in [0.3, 0.4) is 0 Å². The topological polar surface area (TPSA) is 92.4 Å². The number of rotatable bonds is 3. The SMILES string of the molecule is CC(=O)Nc1nc2ccc(S(=O)(O)=CC(C)C)cc2o1. The lowest BCUT2D eigenvalue weighted by atomic mass is 10.3. The summed E-state index contributed by atoms with van der Waals surface area (Å²) in [7, 11) is -3.21. The lowest BCUT2D eigenvalue weighted by Gasteiger charge is -2.05. The molecule has 1 aromatic heterocycles. The van der Waals surface area contributed by atoms with Crippen molar-refractivity contribution in [2.24, 2.45) is 5.92 Å². The van der Waals surface area contributed by atoms with Crippen molar-refractivity contribution in [2.45, 2.75) is 25.7 Å². The highest BCUT2D eigenvalue weighted by molar-refractivity contribution is 7.96. The maximum absolute atomic E-state index is 12.2.